The Kier molecular flexibility index (Phi) is 7.54. The molecule has 2 N–H and O–H groups in total. The maximum absolute atomic E-state index is 12.8. The Labute approximate surface area is 166 Å². The Morgan fingerprint density at radius 3 is 2.85 bits per heavy atom. The van der Waals surface area contributed by atoms with Gasteiger partial charge in [0.2, 0.25) is 5.91 Å². The summed E-state index contributed by atoms with van der Waals surface area (Å²) in [6.07, 6.45) is 9.70. The molecule has 26 heavy (non-hydrogen) atoms. The Morgan fingerprint density at radius 2 is 2.23 bits per heavy atom. The molecule has 1 amide bonds. The predicted octanol–water partition coefficient (Wildman–Crippen LogP) is 5.25. The van der Waals surface area contributed by atoms with Crippen LogP contribution in [0.1, 0.15) is 54.5 Å². The number of nitrogens with zero attached hydrogens (tertiary/aromatic N) is 1. The number of thiophene rings is 1. The maximum Gasteiger partial charge on any atom is 0.238 e. The predicted molar refractivity (Wildman–Crippen MR) is 113 cm³/mol. The summed E-state index contributed by atoms with van der Waals surface area (Å²) in [6.45, 7) is 10.5. The number of nitrogens with two attached hydrogens (primary N) is 1. The van der Waals surface area contributed by atoms with Gasteiger partial charge in [-0.15, -0.1) is 22.9 Å². The molecule has 0 aliphatic carbocycles. The van der Waals surface area contributed by atoms with Crippen LogP contribution >= 0.6 is 22.9 Å². The quantitative estimate of drug-likeness (QED) is 0.508. The number of alkyl halides is 1. The highest BCUT2D eigenvalue weighted by atomic mass is 35.5. The molecule has 2 heterocycles. The van der Waals surface area contributed by atoms with Crippen molar-refractivity contribution in [3.05, 3.63) is 57.5 Å². The minimum absolute atomic E-state index is 0.00713. The molecule has 0 bridgehead atoms. The van der Waals surface area contributed by atoms with Gasteiger partial charge < -0.3 is 10.6 Å². The van der Waals surface area contributed by atoms with Crippen LogP contribution in [-0.4, -0.2) is 22.7 Å². The van der Waals surface area contributed by atoms with Gasteiger partial charge in [0.15, 0.2) is 0 Å². The van der Waals surface area contributed by atoms with Crippen LogP contribution in [0, 0.1) is 6.92 Å². The summed E-state index contributed by atoms with van der Waals surface area (Å²) >= 11 is 7.72. The number of aryl methyl sites for hydroxylation is 1. The third kappa shape index (κ3) is 4.60. The number of hydrogen-bond donors (Lipinski definition) is 1. The minimum atomic E-state index is -0.161. The Bertz CT molecular complexity index is 720. The molecule has 5 heteroatoms. The topological polar surface area (TPSA) is 46.3 Å². The maximum atomic E-state index is 12.8. The van der Waals surface area contributed by atoms with Crippen LogP contribution in [0.15, 0.2) is 42.1 Å². The molecule has 1 aliphatic heterocycles. The van der Waals surface area contributed by atoms with Crippen molar-refractivity contribution in [1.82, 2.24) is 4.90 Å². The van der Waals surface area contributed by atoms with Gasteiger partial charge in [-0.3, -0.25) is 4.79 Å². The fourth-order valence-electron chi connectivity index (χ4n) is 3.50. The fraction of sp³-hybridized carbons (Fsp3) is 0.476. The van der Waals surface area contributed by atoms with E-state index in [0.717, 1.165) is 31.3 Å². The van der Waals surface area contributed by atoms with Crippen LogP contribution in [-0.2, 0) is 11.2 Å². The minimum Gasteiger partial charge on any atom is -0.399 e. The standard InChI is InChI=1S/C21H29ClN2OS/c1-5-7-8-18-12-16-11-15(4)26-21(16)20(24(18)19(25)13-22)14(3)9-10-17(23)6-2/h6,9-11,18,20H,3,5,7-8,12-13,23H2,1-2,4H3/b10-9-,17-6+/t18-,20-/m0/s1. The lowest BCUT2D eigenvalue weighted by molar-refractivity contribution is -0.133. The van der Waals surface area contributed by atoms with Gasteiger partial charge in [0.25, 0.3) is 0 Å². The number of fused-ring (bicyclic) bond motifs is 1. The summed E-state index contributed by atoms with van der Waals surface area (Å²) in [4.78, 5) is 17.2. The van der Waals surface area contributed by atoms with E-state index in [4.69, 9.17) is 17.3 Å². The summed E-state index contributed by atoms with van der Waals surface area (Å²) in [5.41, 5.74) is 8.79. The van der Waals surface area contributed by atoms with Gasteiger partial charge in [-0.05, 0) is 50.0 Å². The molecular weight excluding hydrogens is 364 g/mol. The number of rotatable bonds is 7. The van der Waals surface area contributed by atoms with E-state index in [1.54, 1.807) is 11.3 Å². The van der Waals surface area contributed by atoms with Gasteiger partial charge in [0.05, 0.1) is 6.04 Å². The van der Waals surface area contributed by atoms with Gasteiger partial charge in [0.1, 0.15) is 5.88 Å². The number of halogens is 1. The molecule has 0 saturated heterocycles. The van der Waals surface area contributed by atoms with Gasteiger partial charge in [0, 0.05) is 21.5 Å². The first-order chi connectivity index (χ1) is 12.4. The molecule has 2 atom stereocenters. The van der Waals surface area contributed by atoms with Crippen LogP contribution < -0.4 is 5.73 Å². The highest BCUT2D eigenvalue weighted by Crippen LogP contribution is 2.43. The van der Waals surface area contributed by atoms with Crippen molar-refractivity contribution in [1.29, 1.82) is 0 Å². The first-order valence-electron chi connectivity index (χ1n) is 9.17. The zero-order valence-corrected chi connectivity index (χ0v) is 17.5. The monoisotopic (exact) mass is 392 g/mol. The van der Waals surface area contributed by atoms with Gasteiger partial charge >= 0.3 is 0 Å². The van der Waals surface area contributed by atoms with E-state index < -0.39 is 0 Å². The summed E-state index contributed by atoms with van der Waals surface area (Å²) < 4.78 is 0. The van der Waals surface area contributed by atoms with E-state index in [0.29, 0.717) is 5.70 Å². The van der Waals surface area contributed by atoms with E-state index in [1.807, 2.05) is 30.1 Å². The molecule has 1 aliphatic rings. The molecule has 0 radical (unpaired) electrons. The lowest BCUT2D eigenvalue weighted by atomic mass is 9.88. The molecule has 1 aromatic heterocycles. The van der Waals surface area contributed by atoms with Crippen molar-refractivity contribution < 1.29 is 4.79 Å². The number of amides is 1. The second kappa shape index (κ2) is 9.43. The highest BCUT2D eigenvalue weighted by Gasteiger charge is 2.38. The Balaban J connectivity index is 2.47. The van der Waals surface area contributed by atoms with Crippen molar-refractivity contribution >= 4 is 28.8 Å². The van der Waals surface area contributed by atoms with Gasteiger partial charge in [-0.2, -0.15) is 0 Å². The summed E-state index contributed by atoms with van der Waals surface area (Å²) in [6, 6.07) is 2.26. The van der Waals surface area contributed by atoms with Crippen molar-refractivity contribution in [3.63, 3.8) is 0 Å². The van der Waals surface area contributed by atoms with Crippen LogP contribution in [0.25, 0.3) is 0 Å². The molecule has 0 spiro atoms. The number of hydrogen-bond acceptors (Lipinski definition) is 3. The van der Waals surface area contributed by atoms with Crippen LogP contribution in [0.5, 0.6) is 0 Å². The molecule has 3 nitrogen and oxygen atoms in total. The van der Waals surface area contributed by atoms with Crippen molar-refractivity contribution in [3.8, 4) is 0 Å². The highest BCUT2D eigenvalue weighted by molar-refractivity contribution is 7.12. The summed E-state index contributed by atoms with van der Waals surface area (Å²) in [5, 5.41) is 0. The second-order valence-electron chi connectivity index (χ2n) is 6.78. The SMILES string of the molecule is C=C(/C=C\C(N)=C/C)[C@H]1c2sc(C)cc2C[C@H](CCCC)N1C(=O)CCl. The van der Waals surface area contributed by atoms with E-state index >= 15 is 0 Å². The third-order valence-corrected chi connectivity index (χ3v) is 6.18. The van der Waals surface area contributed by atoms with Crippen molar-refractivity contribution in [2.24, 2.45) is 5.73 Å². The van der Waals surface area contributed by atoms with E-state index in [1.165, 1.54) is 15.3 Å². The van der Waals surface area contributed by atoms with E-state index in [2.05, 4.69) is 26.5 Å². The molecular formula is C21H29ClN2OS. The van der Waals surface area contributed by atoms with Crippen molar-refractivity contribution in [2.45, 2.75) is 58.5 Å². The molecule has 1 aromatic rings. The number of carbonyl (C=O) groups is 1. The molecule has 142 valence electrons. The van der Waals surface area contributed by atoms with Crippen LogP contribution in [0.4, 0.5) is 0 Å². The lowest BCUT2D eigenvalue weighted by Gasteiger charge is -2.42. The first-order valence-corrected chi connectivity index (χ1v) is 10.5. The van der Waals surface area contributed by atoms with E-state index in [9.17, 15) is 4.79 Å². The second-order valence-corrected chi connectivity index (χ2v) is 8.34. The molecule has 0 aromatic carbocycles. The average Bonchev–Trinajstić information content (AvgIpc) is 3.01. The fourth-order valence-corrected chi connectivity index (χ4v) is 4.84. The zero-order valence-electron chi connectivity index (χ0n) is 15.9. The zero-order chi connectivity index (χ0) is 19.3. The number of carbonyl (C=O) groups excluding carboxylic acids is 1. The van der Waals surface area contributed by atoms with Gasteiger partial charge in [-0.25, -0.2) is 0 Å². The smallest absolute Gasteiger partial charge is 0.238 e. The normalized spacial score (nSPS) is 20.5. The third-order valence-electron chi connectivity index (χ3n) is 4.81. The van der Waals surface area contributed by atoms with Crippen LogP contribution in [0.3, 0.4) is 0 Å². The van der Waals surface area contributed by atoms with Gasteiger partial charge in [-0.1, -0.05) is 38.5 Å². The lowest BCUT2D eigenvalue weighted by Crippen LogP contribution is -2.47. The molecule has 0 fully saturated rings. The van der Waals surface area contributed by atoms with Crippen molar-refractivity contribution in [2.75, 3.05) is 5.88 Å². The Morgan fingerprint density at radius 1 is 1.50 bits per heavy atom. The average molecular weight is 393 g/mol. The molecule has 0 unspecified atom stereocenters. The summed E-state index contributed by atoms with van der Waals surface area (Å²) in [7, 11) is 0. The largest absolute Gasteiger partial charge is 0.399 e. The number of unbranched alkanes of at least 4 members (excludes halogenated alkanes) is 1. The first kappa shape index (κ1) is 20.8. The van der Waals surface area contributed by atoms with Crippen LogP contribution in [0.2, 0.25) is 0 Å². The number of allylic oxidation sites excluding steroid dienone is 2. The molecule has 2 rings (SSSR count). The van der Waals surface area contributed by atoms with E-state index in [-0.39, 0.29) is 23.9 Å². The Hall–Kier alpha value is -1.52. The molecule has 0 saturated carbocycles. The summed E-state index contributed by atoms with van der Waals surface area (Å²) in [5.74, 6) is -0.0321.